The van der Waals surface area contributed by atoms with Crippen molar-refractivity contribution in [3.05, 3.63) is 24.0 Å². The number of rotatable bonds is 3. The highest BCUT2D eigenvalue weighted by Gasteiger charge is 1.79. The molecule has 0 aromatic heterocycles. The molecule has 0 heterocycles. The topological polar surface area (TPSA) is 35.2 Å². The van der Waals surface area contributed by atoms with Gasteiger partial charge in [0.2, 0.25) is 0 Å². The minimum atomic E-state index is 0.910. The lowest BCUT2D eigenvalue weighted by molar-refractivity contribution is 0.260. The Balaban J connectivity index is 3.38. The standard InChI is InChI=1S/C7H13NO/c1-3-7(2)5-4-6-9-8/h3-4,6H,5,8H2,1-2H3. The SMILES string of the molecule is CC=C(C)CC=CON. The molecule has 0 amide bonds. The predicted molar refractivity (Wildman–Crippen MR) is 38.5 cm³/mol. The summed E-state index contributed by atoms with van der Waals surface area (Å²) in [5, 5.41) is 0. The van der Waals surface area contributed by atoms with Crippen LogP contribution in [-0.2, 0) is 4.84 Å². The van der Waals surface area contributed by atoms with E-state index < -0.39 is 0 Å². The summed E-state index contributed by atoms with van der Waals surface area (Å²) < 4.78 is 0. The quantitative estimate of drug-likeness (QED) is 0.356. The summed E-state index contributed by atoms with van der Waals surface area (Å²) >= 11 is 0. The smallest absolute Gasteiger partial charge is 0.107 e. The van der Waals surface area contributed by atoms with E-state index >= 15 is 0 Å². The van der Waals surface area contributed by atoms with Crippen LogP contribution in [0.3, 0.4) is 0 Å². The van der Waals surface area contributed by atoms with Gasteiger partial charge in [0.1, 0.15) is 6.26 Å². The van der Waals surface area contributed by atoms with Crippen LogP contribution in [0.15, 0.2) is 24.0 Å². The summed E-state index contributed by atoms with van der Waals surface area (Å²) in [6.07, 6.45) is 6.32. The molecule has 0 aromatic carbocycles. The molecule has 0 bridgehead atoms. The Morgan fingerprint density at radius 3 is 2.78 bits per heavy atom. The summed E-state index contributed by atoms with van der Waals surface area (Å²) in [6.45, 7) is 4.06. The maximum atomic E-state index is 4.75. The molecule has 52 valence electrons. The minimum Gasteiger partial charge on any atom is -0.420 e. The third kappa shape index (κ3) is 5.11. The zero-order valence-corrected chi connectivity index (χ0v) is 5.92. The summed E-state index contributed by atoms with van der Waals surface area (Å²) in [5.41, 5.74) is 1.31. The first-order chi connectivity index (χ1) is 4.31. The zero-order chi connectivity index (χ0) is 7.11. The van der Waals surface area contributed by atoms with Crippen LogP contribution in [0.1, 0.15) is 20.3 Å². The first kappa shape index (κ1) is 8.24. The lowest BCUT2D eigenvalue weighted by atomic mass is 10.2. The van der Waals surface area contributed by atoms with Gasteiger partial charge in [-0.15, -0.1) is 0 Å². The summed E-state index contributed by atoms with van der Waals surface area (Å²) in [5.74, 6) is 4.75. The number of allylic oxidation sites excluding steroid dienone is 3. The van der Waals surface area contributed by atoms with E-state index in [0.717, 1.165) is 6.42 Å². The molecular formula is C7H13NO. The number of hydrogen-bond donors (Lipinski definition) is 1. The molecule has 0 spiro atoms. The van der Waals surface area contributed by atoms with E-state index in [1.165, 1.54) is 11.8 Å². The lowest BCUT2D eigenvalue weighted by Gasteiger charge is -1.90. The van der Waals surface area contributed by atoms with Crippen molar-refractivity contribution >= 4 is 0 Å². The van der Waals surface area contributed by atoms with Crippen LogP contribution < -0.4 is 5.90 Å². The van der Waals surface area contributed by atoms with Crippen LogP contribution in [0.4, 0.5) is 0 Å². The maximum Gasteiger partial charge on any atom is 0.107 e. The fourth-order valence-corrected chi connectivity index (χ4v) is 0.407. The van der Waals surface area contributed by atoms with E-state index in [1.807, 2.05) is 13.0 Å². The molecule has 9 heavy (non-hydrogen) atoms. The molecule has 0 radical (unpaired) electrons. The first-order valence-corrected chi connectivity index (χ1v) is 2.93. The van der Waals surface area contributed by atoms with Gasteiger partial charge in [0.25, 0.3) is 0 Å². The molecule has 2 nitrogen and oxygen atoms in total. The third-order valence-corrected chi connectivity index (χ3v) is 1.11. The van der Waals surface area contributed by atoms with Crippen LogP contribution in [-0.4, -0.2) is 0 Å². The van der Waals surface area contributed by atoms with Gasteiger partial charge in [0, 0.05) is 0 Å². The van der Waals surface area contributed by atoms with Gasteiger partial charge < -0.3 is 4.84 Å². The van der Waals surface area contributed by atoms with Crippen molar-refractivity contribution in [3.8, 4) is 0 Å². The van der Waals surface area contributed by atoms with Crippen LogP contribution in [0.25, 0.3) is 0 Å². The average molecular weight is 127 g/mol. The molecule has 0 fully saturated rings. The van der Waals surface area contributed by atoms with Crippen molar-refractivity contribution in [1.29, 1.82) is 0 Å². The van der Waals surface area contributed by atoms with Crippen molar-refractivity contribution in [2.24, 2.45) is 5.90 Å². The summed E-state index contributed by atoms with van der Waals surface area (Å²) in [4.78, 5) is 4.23. The summed E-state index contributed by atoms with van der Waals surface area (Å²) in [6, 6.07) is 0. The molecule has 0 aliphatic rings. The molecular weight excluding hydrogens is 114 g/mol. The average Bonchev–Trinajstić information content (AvgIpc) is 1.89. The van der Waals surface area contributed by atoms with Gasteiger partial charge in [-0.1, -0.05) is 11.6 Å². The van der Waals surface area contributed by atoms with Crippen LogP contribution in [0, 0.1) is 0 Å². The highest BCUT2D eigenvalue weighted by atomic mass is 16.6. The predicted octanol–water partition coefficient (Wildman–Crippen LogP) is 1.75. The monoisotopic (exact) mass is 127 g/mol. The van der Waals surface area contributed by atoms with Crippen molar-refractivity contribution in [1.82, 2.24) is 0 Å². The second-order valence-electron chi connectivity index (χ2n) is 1.85. The Kier molecular flexibility index (Phi) is 4.92. The van der Waals surface area contributed by atoms with Crippen molar-refractivity contribution in [3.63, 3.8) is 0 Å². The molecule has 0 atom stereocenters. The van der Waals surface area contributed by atoms with Crippen molar-refractivity contribution in [2.75, 3.05) is 0 Å². The molecule has 2 N–H and O–H groups in total. The molecule has 0 aliphatic heterocycles. The normalized spacial score (nSPS) is 12.6. The third-order valence-electron chi connectivity index (χ3n) is 1.11. The Morgan fingerprint density at radius 1 is 1.67 bits per heavy atom. The Hall–Kier alpha value is -0.760. The van der Waals surface area contributed by atoms with E-state index in [9.17, 15) is 0 Å². The van der Waals surface area contributed by atoms with E-state index in [1.54, 1.807) is 0 Å². The van der Waals surface area contributed by atoms with Crippen molar-refractivity contribution in [2.45, 2.75) is 20.3 Å². The van der Waals surface area contributed by atoms with Gasteiger partial charge in [-0.2, -0.15) is 5.90 Å². The van der Waals surface area contributed by atoms with E-state index in [4.69, 9.17) is 5.90 Å². The molecule has 0 unspecified atom stereocenters. The molecule has 0 aliphatic carbocycles. The van der Waals surface area contributed by atoms with Crippen molar-refractivity contribution < 1.29 is 4.84 Å². The van der Waals surface area contributed by atoms with E-state index in [2.05, 4.69) is 17.8 Å². The van der Waals surface area contributed by atoms with Crippen LogP contribution in [0.2, 0.25) is 0 Å². The van der Waals surface area contributed by atoms with E-state index in [-0.39, 0.29) is 0 Å². The highest BCUT2D eigenvalue weighted by molar-refractivity contribution is 5.01. The number of hydrogen-bond acceptors (Lipinski definition) is 2. The van der Waals surface area contributed by atoms with Gasteiger partial charge in [-0.25, -0.2) is 0 Å². The largest absolute Gasteiger partial charge is 0.420 e. The van der Waals surface area contributed by atoms with Gasteiger partial charge in [-0.3, -0.25) is 0 Å². The van der Waals surface area contributed by atoms with Crippen LogP contribution >= 0.6 is 0 Å². The highest BCUT2D eigenvalue weighted by Crippen LogP contribution is 1.98. The van der Waals surface area contributed by atoms with E-state index in [0.29, 0.717) is 0 Å². The lowest BCUT2D eigenvalue weighted by Crippen LogP contribution is -1.87. The molecule has 0 saturated carbocycles. The molecule has 0 saturated heterocycles. The molecule has 0 aromatic rings. The number of nitrogens with two attached hydrogens (primary N) is 1. The van der Waals surface area contributed by atoms with Gasteiger partial charge in [-0.05, 0) is 26.3 Å². The Labute approximate surface area is 56.0 Å². The first-order valence-electron chi connectivity index (χ1n) is 2.93. The zero-order valence-electron chi connectivity index (χ0n) is 5.92. The van der Waals surface area contributed by atoms with Gasteiger partial charge in [0.05, 0.1) is 0 Å². The molecule has 0 rings (SSSR count). The second-order valence-corrected chi connectivity index (χ2v) is 1.85. The summed E-state index contributed by atoms with van der Waals surface area (Å²) in [7, 11) is 0. The van der Waals surface area contributed by atoms with Gasteiger partial charge in [0.15, 0.2) is 0 Å². The maximum absolute atomic E-state index is 4.75. The van der Waals surface area contributed by atoms with Crippen LogP contribution in [0.5, 0.6) is 0 Å². The fourth-order valence-electron chi connectivity index (χ4n) is 0.407. The molecule has 2 heteroatoms. The Bertz CT molecular complexity index is 116. The van der Waals surface area contributed by atoms with Gasteiger partial charge >= 0.3 is 0 Å². The Morgan fingerprint density at radius 2 is 2.33 bits per heavy atom. The fraction of sp³-hybridized carbons (Fsp3) is 0.429. The minimum absolute atomic E-state index is 0.910. The second kappa shape index (κ2) is 5.38.